The Hall–Kier alpha value is -1.02. The summed E-state index contributed by atoms with van der Waals surface area (Å²) in [6.07, 6.45) is 0. The minimum atomic E-state index is -0.142. The molecule has 0 aliphatic rings. The number of rotatable bonds is 3. The number of anilines is 1. The van der Waals surface area contributed by atoms with Crippen LogP contribution in [0.1, 0.15) is 12.5 Å². The van der Waals surface area contributed by atoms with Crippen molar-refractivity contribution in [2.24, 2.45) is 5.92 Å². The maximum Gasteiger partial charge on any atom is 0.230 e. The number of benzene rings is 1. The van der Waals surface area contributed by atoms with Gasteiger partial charge in [0, 0.05) is 24.5 Å². The van der Waals surface area contributed by atoms with E-state index in [9.17, 15) is 4.79 Å². The van der Waals surface area contributed by atoms with Gasteiger partial charge in [0.05, 0.1) is 0 Å². The Bertz CT molecular complexity index is 351. The van der Waals surface area contributed by atoms with Gasteiger partial charge in [0.25, 0.3) is 0 Å². The quantitative estimate of drug-likeness (QED) is 0.725. The fourth-order valence-electron chi connectivity index (χ4n) is 1.36. The van der Waals surface area contributed by atoms with Gasteiger partial charge in [-0.2, -0.15) is 0 Å². The van der Waals surface area contributed by atoms with Crippen molar-refractivity contribution in [3.8, 4) is 0 Å². The molecule has 1 aromatic rings. The van der Waals surface area contributed by atoms with Gasteiger partial charge in [-0.3, -0.25) is 4.79 Å². The van der Waals surface area contributed by atoms with Crippen LogP contribution >= 0.6 is 11.6 Å². The zero-order chi connectivity index (χ0) is 11.4. The van der Waals surface area contributed by atoms with Crippen LogP contribution < -0.4 is 4.90 Å². The van der Waals surface area contributed by atoms with Crippen LogP contribution in [0.5, 0.6) is 0 Å². The van der Waals surface area contributed by atoms with Crippen molar-refractivity contribution in [2.45, 2.75) is 13.8 Å². The second-order valence-electron chi connectivity index (χ2n) is 3.79. The van der Waals surface area contributed by atoms with E-state index in [-0.39, 0.29) is 11.8 Å². The minimum absolute atomic E-state index is 0.0515. The third-order valence-electron chi connectivity index (χ3n) is 2.37. The van der Waals surface area contributed by atoms with Crippen molar-refractivity contribution in [2.75, 3.05) is 17.8 Å². The SMILES string of the molecule is Cc1cccc(N(C)C(=O)C(C)CCl)c1. The Balaban J connectivity index is 2.85. The summed E-state index contributed by atoms with van der Waals surface area (Å²) in [4.78, 5) is 13.5. The Morgan fingerprint density at radius 3 is 2.73 bits per heavy atom. The molecule has 0 aliphatic heterocycles. The lowest BCUT2D eigenvalue weighted by molar-refractivity contribution is -0.121. The van der Waals surface area contributed by atoms with Crippen LogP contribution in [0.3, 0.4) is 0 Å². The van der Waals surface area contributed by atoms with E-state index in [1.807, 2.05) is 38.1 Å². The van der Waals surface area contributed by atoms with Gasteiger partial charge >= 0.3 is 0 Å². The smallest absolute Gasteiger partial charge is 0.230 e. The summed E-state index contributed by atoms with van der Waals surface area (Å²) in [6.45, 7) is 3.84. The summed E-state index contributed by atoms with van der Waals surface area (Å²) in [6, 6.07) is 7.86. The normalized spacial score (nSPS) is 12.3. The number of halogens is 1. The van der Waals surface area contributed by atoms with Crippen molar-refractivity contribution in [1.29, 1.82) is 0 Å². The number of carbonyl (C=O) groups is 1. The van der Waals surface area contributed by atoms with Crippen LogP contribution in [0.2, 0.25) is 0 Å². The number of hydrogen-bond donors (Lipinski definition) is 0. The molecule has 1 aromatic carbocycles. The average molecular weight is 226 g/mol. The highest BCUT2D eigenvalue weighted by Gasteiger charge is 2.17. The van der Waals surface area contributed by atoms with Gasteiger partial charge in [-0.15, -0.1) is 11.6 Å². The lowest BCUT2D eigenvalue weighted by Gasteiger charge is -2.20. The van der Waals surface area contributed by atoms with Crippen LogP contribution in [-0.2, 0) is 4.79 Å². The number of nitrogens with zero attached hydrogens (tertiary/aromatic N) is 1. The van der Waals surface area contributed by atoms with Crippen molar-refractivity contribution in [3.63, 3.8) is 0 Å². The summed E-state index contributed by atoms with van der Waals surface area (Å²) in [7, 11) is 1.78. The molecule has 0 heterocycles. The largest absolute Gasteiger partial charge is 0.315 e. The number of amides is 1. The molecule has 1 atom stereocenters. The molecule has 0 saturated heterocycles. The second kappa shape index (κ2) is 5.17. The average Bonchev–Trinajstić information content (AvgIpc) is 2.26. The first-order valence-electron chi connectivity index (χ1n) is 4.96. The van der Waals surface area contributed by atoms with Crippen LogP contribution in [0.15, 0.2) is 24.3 Å². The maximum atomic E-state index is 11.8. The van der Waals surface area contributed by atoms with Gasteiger partial charge in [-0.1, -0.05) is 19.1 Å². The third-order valence-corrected chi connectivity index (χ3v) is 2.84. The lowest BCUT2D eigenvalue weighted by Crippen LogP contribution is -2.32. The molecule has 0 aromatic heterocycles. The van der Waals surface area contributed by atoms with Gasteiger partial charge in [0.15, 0.2) is 0 Å². The van der Waals surface area contributed by atoms with E-state index in [1.165, 1.54) is 0 Å². The molecule has 0 saturated carbocycles. The Morgan fingerprint density at radius 2 is 2.20 bits per heavy atom. The number of alkyl halides is 1. The number of carbonyl (C=O) groups excluding carboxylic acids is 1. The summed E-state index contributed by atoms with van der Waals surface area (Å²) >= 11 is 5.66. The van der Waals surface area contributed by atoms with E-state index in [4.69, 9.17) is 11.6 Å². The van der Waals surface area contributed by atoms with Crippen LogP contribution in [0, 0.1) is 12.8 Å². The molecule has 0 N–H and O–H groups in total. The predicted octanol–water partition coefficient (Wildman–Crippen LogP) is 2.83. The summed E-state index contributed by atoms with van der Waals surface area (Å²) in [5, 5.41) is 0. The van der Waals surface area contributed by atoms with Crippen LogP contribution in [0.25, 0.3) is 0 Å². The Labute approximate surface area is 95.8 Å². The molecule has 2 nitrogen and oxygen atoms in total. The van der Waals surface area contributed by atoms with E-state index >= 15 is 0 Å². The van der Waals surface area contributed by atoms with Crippen molar-refractivity contribution in [3.05, 3.63) is 29.8 Å². The molecule has 82 valence electrons. The van der Waals surface area contributed by atoms with E-state index in [2.05, 4.69) is 0 Å². The van der Waals surface area contributed by atoms with Crippen molar-refractivity contribution >= 4 is 23.2 Å². The highest BCUT2D eigenvalue weighted by Crippen LogP contribution is 2.16. The van der Waals surface area contributed by atoms with Gasteiger partial charge in [0.2, 0.25) is 5.91 Å². The van der Waals surface area contributed by atoms with Gasteiger partial charge in [-0.05, 0) is 24.6 Å². The van der Waals surface area contributed by atoms with Gasteiger partial charge in [0.1, 0.15) is 0 Å². The maximum absolute atomic E-state index is 11.8. The molecular formula is C12H16ClNO. The first-order valence-corrected chi connectivity index (χ1v) is 5.50. The highest BCUT2D eigenvalue weighted by molar-refractivity contribution is 6.19. The topological polar surface area (TPSA) is 20.3 Å². The monoisotopic (exact) mass is 225 g/mol. The van der Waals surface area contributed by atoms with E-state index in [0.29, 0.717) is 5.88 Å². The van der Waals surface area contributed by atoms with E-state index in [0.717, 1.165) is 11.3 Å². The molecule has 0 fully saturated rings. The van der Waals surface area contributed by atoms with E-state index in [1.54, 1.807) is 11.9 Å². The molecule has 0 bridgehead atoms. The zero-order valence-corrected chi connectivity index (χ0v) is 10.1. The molecule has 1 amide bonds. The van der Waals surface area contributed by atoms with Gasteiger partial charge in [-0.25, -0.2) is 0 Å². The van der Waals surface area contributed by atoms with Crippen molar-refractivity contribution in [1.82, 2.24) is 0 Å². The summed E-state index contributed by atoms with van der Waals surface area (Å²) in [5.41, 5.74) is 2.06. The summed E-state index contributed by atoms with van der Waals surface area (Å²) in [5.74, 6) is 0.266. The molecule has 3 heteroatoms. The molecule has 0 radical (unpaired) electrons. The lowest BCUT2D eigenvalue weighted by atomic mass is 10.1. The predicted molar refractivity (Wildman–Crippen MR) is 64.5 cm³/mol. The molecular weight excluding hydrogens is 210 g/mol. The Kier molecular flexibility index (Phi) is 4.15. The van der Waals surface area contributed by atoms with Crippen molar-refractivity contribution < 1.29 is 4.79 Å². The van der Waals surface area contributed by atoms with E-state index < -0.39 is 0 Å². The molecule has 0 aliphatic carbocycles. The highest BCUT2D eigenvalue weighted by atomic mass is 35.5. The van der Waals surface area contributed by atoms with Crippen LogP contribution in [0.4, 0.5) is 5.69 Å². The number of aryl methyl sites for hydroxylation is 1. The first-order chi connectivity index (χ1) is 7.06. The first kappa shape index (κ1) is 12.1. The van der Waals surface area contributed by atoms with Crippen LogP contribution in [-0.4, -0.2) is 18.8 Å². The number of hydrogen-bond acceptors (Lipinski definition) is 1. The minimum Gasteiger partial charge on any atom is -0.315 e. The third kappa shape index (κ3) is 2.96. The fraction of sp³-hybridized carbons (Fsp3) is 0.417. The zero-order valence-electron chi connectivity index (χ0n) is 9.33. The summed E-state index contributed by atoms with van der Waals surface area (Å²) < 4.78 is 0. The Morgan fingerprint density at radius 1 is 1.53 bits per heavy atom. The molecule has 15 heavy (non-hydrogen) atoms. The molecule has 0 spiro atoms. The van der Waals surface area contributed by atoms with Gasteiger partial charge < -0.3 is 4.90 Å². The molecule has 1 rings (SSSR count). The standard InChI is InChI=1S/C12H16ClNO/c1-9-5-4-6-11(7-9)14(3)12(15)10(2)8-13/h4-7,10H,8H2,1-3H3. The second-order valence-corrected chi connectivity index (χ2v) is 4.10. The molecule has 1 unspecified atom stereocenters. The fourth-order valence-corrected chi connectivity index (χ4v) is 1.49.